The van der Waals surface area contributed by atoms with Gasteiger partial charge in [-0.2, -0.15) is 0 Å². The van der Waals surface area contributed by atoms with Gasteiger partial charge in [-0.1, -0.05) is 20.8 Å². The average molecular weight is 252 g/mol. The summed E-state index contributed by atoms with van der Waals surface area (Å²) in [7, 11) is 0. The van der Waals surface area contributed by atoms with E-state index in [2.05, 4.69) is 25.7 Å². The van der Waals surface area contributed by atoms with Crippen LogP contribution >= 0.6 is 0 Å². The van der Waals surface area contributed by atoms with Gasteiger partial charge in [-0.3, -0.25) is 4.90 Å². The van der Waals surface area contributed by atoms with Crippen LogP contribution in [0.15, 0.2) is 22.8 Å². The van der Waals surface area contributed by atoms with Gasteiger partial charge in [0, 0.05) is 0 Å². The average Bonchev–Trinajstić information content (AvgIpc) is 2.84. The third-order valence-electron chi connectivity index (χ3n) is 3.40. The normalized spacial score (nSPS) is 13.4. The van der Waals surface area contributed by atoms with Gasteiger partial charge in [0.15, 0.2) is 0 Å². The van der Waals surface area contributed by atoms with E-state index < -0.39 is 0 Å². The Morgan fingerprint density at radius 3 is 2.67 bits per heavy atom. The minimum Gasteiger partial charge on any atom is -0.468 e. The van der Waals surface area contributed by atoms with Gasteiger partial charge >= 0.3 is 0 Å². The van der Waals surface area contributed by atoms with Crippen LogP contribution in [0.3, 0.4) is 0 Å². The van der Waals surface area contributed by atoms with Gasteiger partial charge < -0.3 is 10.2 Å². The minimum atomic E-state index is 0.649. The summed E-state index contributed by atoms with van der Waals surface area (Å²) < 4.78 is 5.40. The van der Waals surface area contributed by atoms with Crippen molar-refractivity contribution in [2.75, 3.05) is 19.6 Å². The summed E-state index contributed by atoms with van der Waals surface area (Å²) in [5, 5.41) is 0. The molecule has 0 fully saturated rings. The molecular weight excluding hydrogens is 224 g/mol. The van der Waals surface area contributed by atoms with E-state index in [9.17, 15) is 0 Å². The first-order valence-electron chi connectivity index (χ1n) is 7.10. The minimum absolute atomic E-state index is 0.649. The number of hydrogen-bond acceptors (Lipinski definition) is 3. The Morgan fingerprint density at radius 2 is 2.17 bits per heavy atom. The molecule has 0 bridgehead atoms. The SMILES string of the molecule is CCN(CCC(CN)CC(C)C)Cc1ccco1. The highest BCUT2D eigenvalue weighted by Gasteiger charge is 2.12. The van der Waals surface area contributed by atoms with Crippen LogP contribution in [0.25, 0.3) is 0 Å². The van der Waals surface area contributed by atoms with Crippen LogP contribution in [0.5, 0.6) is 0 Å². The molecule has 18 heavy (non-hydrogen) atoms. The van der Waals surface area contributed by atoms with E-state index in [1.807, 2.05) is 12.1 Å². The zero-order valence-electron chi connectivity index (χ0n) is 12.1. The summed E-state index contributed by atoms with van der Waals surface area (Å²) in [4.78, 5) is 2.42. The molecule has 0 saturated heterocycles. The summed E-state index contributed by atoms with van der Waals surface area (Å²) in [5.74, 6) is 2.43. The lowest BCUT2D eigenvalue weighted by atomic mass is 9.94. The molecular formula is C15H28N2O. The Bertz CT molecular complexity index is 295. The molecule has 1 rings (SSSR count). The Kier molecular flexibility index (Phi) is 7.06. The van der Waals surface area contributed by atoms with E-state index in [0.29, 0.717) is 5.92 Å². The van der Waals surface area contributed by atoms with E-state index in [1.54, 1.807) is 6.26 Å². The van der Waals surface area contributed by atoms with Crippen LogP contribution in [-0.2, 0) is 6.54 Å². The summed E-state index contributed by atoms with van der Waals surface area (Å²) in [6.45, 7) is 10.6. The molecule has 0 aliphatic carbocycles. The maximum atomic E-state index is 5.85. The van der Waals surface area contributed by atoms with Crippen LogP contribution in [0.1, 0.15) is 39.4 Å². The third kappa shape index (κ3) is 5.69. The predicted octanol–water partition coefficient (Wildman–Crippen LogP) is 3.11. The Labute approximate surface area is 111 Å². The Balaban J connectivity index is 2.33. The van der Waals surface area contributed by atoms with E-state index in [1.165, 1.54) is 12.8 Å². The van der Waals surface area contributed by atoms with E-state index >= 15 is 0 Å². The molecule has 1 aromatic heterocycles. The van der Waals surface area contributed by atoms with Gasteiger partial charge in [-0.15, -0.1) is 0 Å². The summed E-state index contributed by atoms with van der Waals surface area (Å²) >= 11 is 0. The van der Waals surface area contributed by atoms with Gasteiger partial charge in [0.1, 0.15) is 5.76 Å². The highest BCUT2D eigenvalue weighted by Crippen LogP contribution is 2.15. The summed E-state index contributed by atoms with van der Waals surface area (Å²) in [6, 6.07) is 3.99. The zero-order chi connectivity index (χ0) is 13.4. The molecule has 0 aliphatic rings. The van der Waals surface area contributed by atoms with Crippen molar-refractivity contribution in [3.05, 3.63) is 24.2 Å². The lowest BCUT2D eigenvalue weighted by Crippen LogP contribution is -2.28. The van der Waals surface area contributed by atoms with E-state index in [4.69, 9.17) is 10.2 Å². The molecule has 1 heterocycles. The van der Waals surface area contributed by atoms with Crippen molar-refractivity contribution < 1.29 is 4.42 Å². The zero-order valence-corrected chi connectivity index (χ0v) is 12.1. The summed E-state index contributed by atoms with van der Waals surface area (Å²) in [6.07, 6.45) is 4.16. The first-order chi connectivity index (χ1) is 8.65. The second kappa shape index (κ2) is 8.33. The molecule has 1 atom stereocenters. The Morgan fingerprint density at radius 1 is 1.39 bits per heavy atom. The molecule has 104 valence electrons. The maximum Gasteiger partial charge on any atom is 0.117 e. The van der Waals surface area contributed by atoms with E-state index in [-0.39, 0.29) is 0 Å². The van der Waals surface area contributed by atoms with Crippen molar-refractivity contribution in [3.63, 3.8) is 0 Å². The third-order valence-corrected chi connectivity index (χ3v) is 3.40. The first kappa shape index (κ1) is 15.3. The van der Waals surface area contributed by atoms with Gasteiger partial charge in [0.05, 0.1) is 12.8 Å². The maximum absolute atomic E-state index is 5.85. The van der Waals surface area contributed by atoms with Crippen LogP contribution in [0, 0.1) is 11.8 Å². The number of nitrogens with two attached hydrogens (primary N) is 1. The fourth-order valence-corrected chi connectivity index (χ4v) is 2.34. The fraction of sp³-hybridized carbons (Fsp3) is 0.733. The van der Waals surface area contributed by atoms with Crippen molar-refractivity contribution >= 4 is 0 Å². The fourth-order valence-electron chi connectivity index (χ4n) is 2.34. The molecule has 3 heteroatoms. The van der Waals surface area contributed by atoms with Gasteiger partial charge in [0.25, 0.3) is 0 Å². The standard InChI is InChI=1S/C15H28N2O/c1-4-17(12-15-6-5-9-18-15)8-7-14(11-16)10-13(2)3/h5-6,9,13-14H,4,7-8,10-12,16H2,1-3H3. The van der Waals surface area contributed by atoms with Crippen molar-refractivity contribution in [2.45, 2.75) is 40.2 Å². The smallest absolute Gasteiger partial charge is 0.117 e. The molecule has 0 spiro atoms. The Hall–Kier alpha value is -0.800. The van der Waals surface area contributed by atoms with Crippen LogP contribution < -0.4 is 5.73 Å². The second-order valence-electron chi connectivity index (χ2n) is 5.47. The molecule has 0 radical (unpaired) electrons. The predicted molar refractivity (Wildman–Crippen MR) is 76.3 cm³/mol. The van der Waals surface area contributed by atoms with Gasteiger partial charge in [0.2, 0.25) is 0 Å². The molecule has 1 aromatic rings. The lowest BCUT2D eigenvalue weighted by Gasteiger charge is -2.23. The molecule has 3 nitrogen and oxygen atoms in total. The van der Waals surface area contributed by atoms with Crippen molar-refractivity contribution in [1.29, 1.82) is 0 Å². The highest BCUT2D eigenvalue weighted by molar-refractivity contribution is 4.97. The topological polar surface area (TPSA) is 42.4 Å². The highest BCUT2D eigenvalue weighted by atomic mass is 16.3. The summed E-state index contributed by atoms with van der Waals surface area (Å²) in [5.41, 5.74) is 5.85. The van der Waals surface area contributed by atoms with Gasteiger partial charge in [-0.05, 0) is 56.4 Å². The van der Waals surface area contributed by atoms with Crippen LogP contribution in [0.2, 0.25) is 0 Å². The monoisotopic (exact) mass is 252 g/mol. The van der Waals surface area contributed by atoms with Crippen molar-refractivity contribution in [2.24, 2.45) is 17.6 Å². The first-order valence-corrected chi connectivity index (χ1v) is 7.10. The molecule has 2 N–H and O–H groups in total. The van der Waals surface area contributed by atoms with Gasteiger partial charge in [-0.25, -0.2) is 0 Å². The molecule has 0 amide bonds. The number of rotatable bonds is 9. The van der Waals surface area contributed by atoms with Crippen LogP contribution in [0.4, 0.5) is 0 Å². The number of hydrogen-bond donors (Lipinski definition) is 1. The molecule has 0 aromatic carbocycles. The number of furan rings is 1. The van der Waals surface area contributed by atoms with Crippen molar-refractivity contribution in [1.82, 2.24) is 4.90 Å². The lowest BCUT2D eigenvalue weighted by molar-refractivity contribution is 0.229. The molecule has 0 aliphatic heterocycles. The largest absolute Gasteiger partial charge is 0.468 e. The molecule has 1 unspecified atom stereocenters. The molecule has 0 saturated carbocycles. The second-order valence-corrected chi connectivity index (χ2v) is 5.47. The number of nitrogens with zero attached hydrogens (tertiary/aromatic N) is 1. The quantitative estimate of drug-likeness (QED) is 0.734. The van der Waals surface area contributed by atoms with Crippen molar-refractivity contribution in [3.8, 4) is 0 Å². The van der Waals surface area contributed by atoms with Crippen LogP contribution in [-0.4, -0.2) is 24.5 Å². The van der Waals surface area contributed by atoms with E-state index in [0.717, 1.165) is 37.9 Å².